The standard InChI is InChI=1S/C71H132O6/c1-4-7-10-13-16-19-22-25-27-29-31-33-34-35-36-38-39-41-43-46-49-52-55-58-61-64-70(73)76-67-68(66-75-69(72)63-60-57-54-51-48-45-24-21-18-15-12-9-6-3)77-71(74)65-62-59-56-53-50-47-44-42-40-37-32-30-28-26-23-20-17-14-11-8-5-2/h23,26,30,32,40,42,68H,4-22,24-25,27-29,31,33-39,41,43-67H2,1-3H3/b26-23-,32-30-,42-40-. The zero-order valence-corrected chi connectivity index (χ0v) is 52.0. The van der Waals surface area contributed by atoms with Crippen LogP contribution in [0.5, 0.6) is 0 Å². The molecule has 1 atom stereocenters. The SMILES string of the molecule is CCCCCCC/C=C\C/C=C\C/C=C\CCCCCCCCC(=O)OC(COC(=O)CCCCCCCCCCCCCCC)COC(=O)CCCCCCCCCCCCCCCCCCCCCCCCCCC. The van der Waals surface area contributed by atoms with Gasteiger partial charge in [0.1, 0.15) is 13.2 Å². The second-order valence-electron chi connectivity index (χ2n) is 23.5. The first-order valence-electron chi connectivity index (χ1n) is 34.5. The van der Waals surface area contributed by atoms with Crippen molar-refractivity contribution in [1.29, 1.82) is 0 Å². The van der Waals surface area contributed by atoms with Crippen molar-refractivity contribution in [3.8, 4) is 0 Å². The minimum atomic E-state index is -0.776. The highest BCUT2D eigenvalue weighted by Crippen LogP contribution is 2.18. The number of allylic oxidation sites excluding steroid dienone is 6. The summed E-state index contributed by atoms with van der Waals surface area (Å²) in [6.45, 7) is 6.69. The summed E-state index contributed by atoms with van der Waals surface area (Å²) in [7, 11) is 0. The Kier molecular flexibility index (Phi) is 64.1. The largest absolute Gasteiger partial charge is 0.462 e. The van der Waals surface area contributed by atoms with E-state index in [1.54, 1.807) is 0 Å². The summed E-state index contributed by atoms with van der Waals surface area (Å²) in [5.41, 5.74) is 0. The van der Waals surface area contributed by atoms with Crippen LogP contribution >= 0.6 is 0 Å². The van der Waals surface area contributed by atoms with Gasteiger partial charge in [-0.05, 0) is 57.8 Å². The molecule has 0 rings (SSSR count). The number of hydrogen-bond donors (Lipinski definition) is 0. The van der Waals surface area contributed by atoms with E-state index in [2.05, 4.69) is 57.2 Å². The summed E-state index contributed by atoms with van der Waals surface area (Å²) >= 11 is 0. The summed E-state index contributed by atoms with van der Waals surface area (Å²) in [4.78, 5) is 38.4. The normalized spacial score (nSPS) is 12.2. The maximum atomic E-state index is 12.9. The van der Waals surface area contributed by atoms with Crippen LogP contribution in [0.4, 0.5) is 0 Å². The van der Waals surface area contributed by atoms with Crippen molar-refractivity contribution >= 4 is 17.9 Å². The van der Waals surface area contributed by atoms with E-state index in [4.69, 9.17) is 14.2 Å². The highest BCUT2D eigenvalue weighted by molar-refractivity contribution is 5.71. The predicted octanol–water partition coefficient (Wildman–Crippen LogP) is 23.6. The average molecular weight is 1080 g/mol. The summed E-state index contributed by atoms with van der Waals surface area (Å²) in [6, 6.07) is 0. The monoisotopic (exact) mass is 1080 g/mol. The smallest absolute Gasteiger partial charge is 0.306 e. The Morgan fingerprint density at radius 2 is 0.468 bits per heavy atom. The number of esters is 3. The topological polar surface area (TPSA) is 78.9 Å². The fraction of sp³-hybridized carbons (Fsp3) is 0.873. The van der Waals surface area contributed by atoms with Crippen molar-refractivity contribution in [1.82, 2.24) is 0 Å². The molecular weight excluding hydrogens is 949 g/mol. The highest BCUT2D eigenvalue weighted by atomic mass is 16.6. The molecule has 0 aliphatic carbocycles. The molecule has 0 aromatic carbocycles. The van der Waals surface area contributed by atoms with Gasteiger partial charge in [0.2, 0.25) is 0 Å². The molecule has 0 saturated carbocycles. The van der Waals surface area contributed by atoms with Crippen LogP contribution in [-0.2, 0) is 28.6 Å². The van der Waals surface area contributed by atoms with Crippen molar-refractivity contribution in [3.05, 3.63) is 36.5 Å². The molecule has 0 aliphatic heterocycles. The number of carbonyl (C=O) groups excluding carboxylic acids is 3. The number of unbranched alkanes of at least 4 members (excludes halogenated alkanes) is 47. The summed E-state index contributed by atoms with van der Waals surface area (Å²) in [6.07, 6.45) is 81.7. The molecule has 0 aliphatic rings. The molecule has 77 heavy (non-hydrogen) atoms. The molecule has 0 heterocycles. The van der Waals surface area contributed by atoms with E-state index in [1.807, 2.05) is 0 Å². The zero-order chi connectivity index (χ0) is 55.7. The van der Waals surface area contributed by atoms with Crippen LogP contribution in [-0.4, -0.2) is 37.2 Å². The van der Waals surface area contributed by atoms with Gasteiger partial charge in [-0.25, -0.2) is 0 Å². The molecule has 0 spiro atoms. The van der Waals surface area contributed by atoms with Crippen molar-refractivity contribution in [3.63, 3.8) is 0 Å². The Labute approximate surface area is 480 Å². The maximum absolute atomic E-state index is 12.9. The van der Waals surface area contributed by atoms with Crippen LogP contribution in [0.15, 0.2) is 36.5 Å². The third kappa shape index (κ3) is 64.3. The first-order chi connectivity index (χ1) is 38.0. The van der Waals surface area contributed by atoms with Crippen LogP contribution in [0.2, 0.25) is 0 Å². The lowest BCUT2D eigenvalue weighted by Gasteiger charge is -2.18. The minimum absolute atomic E-state index is 0.0720. The van der Waals surface area contributed by atoms with E-state index in [9.17, 15) is 14.4 Å². The van der Waals surface area contributed by atoms with Crippen LogP contribution in [0, 0.1) is 0 Å². The van der Waals surface area contributed by atoms with Crippen molar-refractivity contribution in [2.45, 2.75) is 386 Å². The van der Waals surface area contributed by atoms with Crippen LogP contribution in [0.25, 0.3) is 0 Å². The zero-order valence-electron chi connectivity index (χ0n) is 52.0. The van der Waals surface area contributed by atoms with Crippen LogP contribution in [0.1, 0.15) is 380 Å². The lowest BCUT2D eigenvalue weighted by atomic mass is 10.0. The first-order valence-corrected chi connectivity index (χ1v) is 34.5. The number of hydrogen-bond acceptors (Lipinski definition) is 6. The van der Waals surface area contributed by atoms with Gasteiger partial charge in [-0.1, -0.05) is 340 Å². The van der Waals surface area contributed by atoms with Gasteiger partial charge >= 0.3 is 17.9 Å². The highest BCUT2D eigenvalue weighted by Gasteiger charge is 2.19. The lowest BCUT2D eigenvalue weighted by molar-refractivity contribution is -0.167. The van der Waals surface area contributed by atoms with Crippen molar-refractivity contribution in [2.24, 2.45) is 0 Å². The molecule has 0 fully saturated rings. The Hall–Kier alpha value is -2.37. The summed E-state index contributed by atoms with van der Waals surface area (Å²) in [5.74, 6) is -0.857. The van der Waals surface area contributed by atoms with Gasteiger partial charge in [0.15, 0.2) is 6.10 Å². The Morgan fingerprint density at radius 1 is 0.260 bits per heavy atom. The second-order valence-corrected chi connectivity index (χ2v) is 23.5. The molecular formula is C71H132O6. The van der Waals surface area contributed by atoms with Gasteiger partial charge in [-0.2, -0.15) is 0 Å². The average Bonchev–Trinajstić information content (AvgIpc) is 3.43. The molecule has 0 saturated heterocycles. The lowest BCUT2D eigenvalue weighted by Crippen LogP contribution is -2.30. The molecule has 0 aromatic heterocycles. The molecule has 6 heteroatoms. The van der Waals surface area contributed by atoms with Crippen molar-refractivity contribution < 1.29 is 28.6 Å². The van der Waals surface area contributed by atoms with E-state index in [0.717, 1.165) is 77.0 Å². The number of carbonyl (C=O) groups is 3. The third-order valence-electron chi connectivity index (χ3n) is 15.6. The van der Waals surface area contributed by atoms with Crippen LogP contribution < -0.4 is 0 Å². The van der Waals surface area contributed by atoms with Crippen LogP contribution in [0.3, 0.4) is 0 Å². The van der Waals surface area contributed by atoms with Crippen molar-refractivity contribution in [2.75, 3.05) is 13.2 Å². The molecule has 0 radical (unpaired) electrons. The van der Waals surface area contributed by atoms with E-state index in [1.165, 1.54) is 263 Å². The van der Waals surface area contributed by atoms with E-state index in [0.29, 0.717) is 19.3 Å². The van der Waals surface area contributed by atoms with Gasteiger partial charge in [-0.3, -0.25) is 14.4 Å². The molecule has 0 bridgehead atoms. The first kappa shape index (κ1) is 74.6. The molecule has 0 aromatic rings. The summed E-state index contributed by atoms with van der Waals surface area (Å²) < 4.78 is 17.0. The fourth-order valence-corrected chi connectivity index (χ4v) is 10.5. The molecule has 0 amide bonds. The van der Waals surface area contributed by atoms with E-state index >= 15 is 0 Å². The quantitative estimate of drug-likeness (QED) is 0.0261. The van der Waals surface area contributed by atoms with E-state index in [-0.39, 0.29) is 31.1 Å². The Morgan fingerprint density at radius 3 is 0.727 bits per heavy atom. The van der Waals surface area contributed by atoms with E-state index < -0.39 is 6.10 Å². The molecule has 452 valence electrons. The number of rotatable bonds is 64. The Bertz CT molecular complexity index is 1290. The second kappa shape index (κ2) is 66.1. The number of ether oxygens (including phenoxy) is 3. The predicted molar refractivity (Wildman–Crippen MR) is 335 cm³/mol. The van der Waals surface area contributed by atoms with Gasteiger partial charge < -0.3 is 14.2 Å². The van der Waals surface area contributed by atoms with Gasteiger partial charge in [0.05, 0.1) is 0 Å². The fourth-order valence-electron chi connectivity index (χ4n) is 10.5. The van der Waals surface area contributed by atoms with Gasteiger partial charge in [0, 0.05) is 19.3 Å². The summed E-state index contributed by atoms with van der Waals surface area (Å²) in [5, 5.41) is 0. The van der Waals surface area contributed by atoms with Gasteiger partial charge in [0.25, 0.3) is 0 Å². The van der Waals surface area contributed by atoms with Gasteiger partial charge in [-0.15, -0.1) is 0 Å². The third-order valence-corrected chi connectivity index (χ3v) is 15.6. The maximum Gasteiger partial charge on any atom is 0.306 e. The molecule has 1 unspecified atom stereocenters. The Balaban J connectivity index is 4.26. The molecule has 6 nitrogen and oxygen atoms in total. The molecule has 0 N–H and O–H groups in total. The minimum Gasteiger partial charge on any atom is -0.462 e.